The number of likely N-dealkylation sites (tertiary alicyclic amines) is 1. The van der Waals surface area contributed by atoms with Crippen LogP contribution in [0.1, 0.15) is 24.0 Å². The van der Waals surface area contributed by atoms with Crippen molar-refractivity contribution in [2.24, 2.45) is 5.92 Å². The maximum Gasteiger partial charge on any atom is 0.232 e. The summed E-state index contributed by atoms with van der Waals surface area (Å²) in [5.41, 5.74) is 3.48. The fourth-order valence-corrected chi connectivity index (χ4v) is 4.05. The fraction of sp³-hybridized carbons (Fsp3) is 0.364. The molecule has 0 bridgehead atoms. The molecule has 0 radical (unpaired) electrons. The Hall–Kier alpha value is -2.62. The molecule has 2 heterocycles. The molecule has 1 fully saturated rings. The highest BCUT2D eigenvalue weighted by Crippen LogP contribution is 2.30. The Morgan fingerprint density at radius 2 is 1.81 bits per heavy atom. The molecule has 26 heavy (non-hydrogen) atoms. The van der Waals surface area contributed by atoms with E-state index in [1.165, 1.54) is 11.1 Å². The van der Waals surface area contributed by atoms with Gasteiger partial charge < -0.3 is 9.80 Å². The van der Waals surface area contributed by atoms with E-state index in [-0.39, 0.29) is 17.7 Å². The number of rotatable bonds is 4. The zero-order valence-electron chi connectivity index (χ0n) is 14.9. The zero-order valence-corrected chi connectivity index (χ0v) is 14.9. The minimum absolute atomic E-state index is 0.101. The van der Waals surface area contributed by atoms with Gasteiger partial charge >= 0.3 is 0 Å². The van der Waals surface area contributed by atoms with E-state index in [4.69, 9.17) is 0 Å². The molecule has 2 aliphatic heterocycles. The minimum atomic E-state index is -0.218. The molecule has 0 unspecified atom stereocenters. The summed E-state index contributed by atoms with van der Waals surface area (Å²) in [6.45, 7) is 1.98. The van der Waals surface area contributed by atoms with Gasteiger partial charge in [0.1, 0.15) is 0 Å². The lowest BCUT2D eigenvalue weighted by molar-refractivity contribution is -0.128. The van der Waals surface area contributed by atoms with Crippen LogP contribution in [0.5, 0.6) is 0 Å². The summed E-state index contributed by atoms with van der Waals surface area (Å²) in [6, 6.07) is 18.3. The largest absolute Gasteiger partial charge is 0.342 e. The van der Waals surface area contributed by atoms with Crippen LogP contribution >= 0.6 is 0 Å². The van der Waals surface area contributed by atoms with E-state index >= 15 is 0 Å². The number of benzene rings is 2. The Morgan fingerprint density at radius 1 is 1.04 bits per heavy atom. The minimum Gasteiger partial charge on any atom is -0.342 e. The predicted octanol–water partition coefficient (Wildman–Crippen LogP) is 3.06. The molecule has 1 atom stereocenters. The van der Waals surface area contributed by atoms with Crippen molar-refractivity contribution in [2.75, 3.05) is 24.5 Å². The van der Waals surface area contributed by atoms with Gasteiger partial charge in [0.15, 0.2) is 0 Å². The molecule has 4 nitrogen and oxygen atoms in total. The molecule has 4 heteroatoms. The molecule has 4 rings (SSSR count). The van der Waals surface area contributed by atoms with Crippen LogP contribution in [-0.2, 0) is 22.4 Å². The van der Waals surface area contributed by atoms with E-state index in [9.17, 15) is 9.59 Å². The monoisotopic (exact) mass is 348 g/mol. The van der Waals surface area contributed by atoms with Crippen LogP contribution in [0.15, 0.2) is 54.6 Å². The summed E-state index contributed by atoms with van der Waals surface area (Å²) in [5, 5.41) is 0. The Balaban J connectivity index is 1.41. The van der Waals surface area contributed by atoms with Crippen LogP contribution in [0.25, 0.3) is 0 Å². The lowest BCUT2D eigenvalue weighted by atomic mass is 9.99. The maximum absolute atomic E-state index is 13.1. The van der Waals surface area contributed by atoms with E-state index in [0.29, 0.717) is 19.5 Å². The van der Waals surface area contributed by atoms with Gasteiger partial charge in [0.05, 0.1) is 5.92 Å². The average Bonchev–Trinajstić information content (AvgIpc) is 3.07. The molecule has 0 spiro atoms. The molecular formula is C22H24N2O2. The van der Waals surface area contributed by atoms with Crippen LogP contribution in [0, 0.1) is 5.92 Å². The molecule has 0 aliphatic carbocycles. The van der Waals surface area contributed by atoms with Gasteiger partial charge in [-0.3, -0.25) is 9.59 Å². The second kappa shape index (κ2) is 7.32. The number of aryl methyl sites for hydroxylation is 1. The first-order valence-electron chi connectivity index (χ1n) is 9.43. The number of nitrogens with zero attached hydrogens (tertiary/aromatic N) is 2. The summed E-state index contributed by atoms with van der Waals surface area (Å²) >= 11 is 0. The van der Waals surface area contributed by atoms with Crippen molar-refractivity contribution in [1.29, 1.82) is 0 Å². The Kier molecular flexibility index (Phi) is 4.74. The van der Waals surface area contributed by atoms with Crippen LogP contribution in [0.3, 0.4) is 0 Å². The molecule has 0 saturated carbocycles. The molecule has 1 saturated heterocycles. The van der Waals surface area contributed by atoms with Crippen molar-refractivity contribution in [3.8, 4) is 0 Å². The predicted molar refractivity (Wildman–Crippen MR) is 102 cm³/mol. The number of hydrogen-bond acceptors (Lipinski definition) is 2. The van der Waals surface area contributed by atoms with Gasteiger partial charge in [-0.1, -0.05) is 48.5 Å². The van der Waals surface area contributed by atoms with Crippen molar-refractivity contribution in [3.63, 3.8) is 0 Å². The highest BCUT2D eigenvalue weighted by molar-refractivity contribution is 5.99. The summed E-state index contributed by atoms with van der Waals surface area (Å²) in [5.74, 6) is -0.0123. The van der Waals surface area contributed by atoms with E-state index in [2.05, 4.69) is 18.2 Å². The van der Waals surface area contributed by atoms with Crippen LogP contribution in [0.2, 0.25) is 0 Å². The third-order valence-electron chi connectivity index (χ3n) is 5.45. The van der Waals surface area contributed by atoms with Gasteiger partial charge in [-0.25, -0.2) is 0 Å². The lowest BCUT2D eigenvalue weighted by Crippen LogP contribution is -2.40. The van der Waals surface area contributed by atoms with Crippen LogP contribution < -0.4 is 4.90 Å². The van der Waals surface area contributed by atoms with Crippen molar-refractivity contribution in [1.82, 2.24) is 4.90 Å². The van der Waals surface area contributed by atoms with Gasteiger partial charge in [0.2, 0.25) is 11.8 Å². The van der Waals surface area contributed by atoms with Crippen LogP contribution in [-0.4, -0.2) is 36.3 Å². The third-order valence-corrected chi connectivity index (χ3v) is 5.45. The average molecular weight is 348 g/mol. The normalized spacial score (nSPS) is 19.5. The lowest BCUT2D eigenvalue weighted by Gasteiger charge is -2.31. The summed E-state index contributed by atoms with van der Waals surface area (Å²) in [6.07, 6.45) is 3.18. The van der Waals surface area contributed by atoms with E-state index < -0.39 is 0 Å². The quantitative estimate of drug-likeness (QED) is 0.852. The summed E-state index contributed by atoms with van der Waals surface area (Å²) in [4.78, 5) is 29.2. The van der Waals surface area contributed by atoms with Gasteiger partial charge in [0.25, 0.3) is 0 Å². The SMILES string of the molecule is O=C1C[C@@H](C(=O)N2CCCc3ccccc32)CN1CCc1ccccc1. The number of carbonyl (C=O) groups is 2. The summed E-state index contributed by atoms with van der Waals surface area (Å²) < 4.78 is 0. The number of carbonyl (C=O) groups excluding carboxylic acids is 2. The van der Waals surface area contributed by atoms with E-state index in [1.807, 2.05) is 46.2 Å². The zero-order chi connectivity index (χ0) is 17.9. The highest BCUT2D eigenvalue weighted by Gasteiger charge is 2.37. The second-order valence-corrected chi connectivity index (χ2v) is 7.20. The molecule has 2 aromatic carbocycles. The Morgan fingerprint density at radius 3 is 2.65 bits per heavy atom. The molecule has 134 valence electrons. The number of hydrogen-bond donors (Lipinski definition) is 0. The first kappa shape index (κ1) is 16.8. The molecule has 2 aromatic rings. The second-order valence-electron chi connectivity index (χ2n) is 7.20. The summed E-state index contributed by atoms with van der Waals surface area (Å²) in [7, 11) is 0. The van der Waals surface area contributed by atoms with Gasteiger partial charge in [-0.05, 0) is 36.5 Å². The number of amides is 2. The molecule has 2 aliphatic rings. The first-order valence-corrected chi connectivity index (χ1v) is 9.43. The van der Waals surface area contributed by atoms with Crippen molar-refractivity contribution < 1.29 is 9.59 Å². The molecular weight excluding hydrogens is 324 g/mol. The molecule has 0 aromatic heterocycles. The van der Waals surface area contributed by atoms with Crippen molar-refractivity contribution >= 4 is 17.5 Å². The highest BCUT2D eigenvalue weighted by atomic mass is 16.2. The van der Waals surface area contributed by atoms with Crippen molar-refractivity contribution in [3.05, 3.63) is 65.7 Å². The van der Waals surface area contributed by atoms with Gasteiger partial charge in [-0.2, -0.15) is 0 Å². The number of para-hydroxylation sites is 1. The fourth-order valence-electron chi connectivity index (χ4n) is 4.05. The number of fused-ring (bicyclic) bond motifs is 1. The van der Waals surface area contributed by atoms with Gasteiger partial charge in [-0.15, -0.1) is 0 Å². The van der Waals surface area contributed by atoms with Crippen LogP contribution in [0.4, 0.5) is 5.69 Å². The Labute approximate surface area is 154 Å². The molecule has 0 N–H and O–H groups in total. The topological polar surface area (TPSA) is 40.6 Å². The Bertz CT molecular complexity index is 803. The van der Waals surface area contributed by atoms with E-state index in [0.717, 1.165) is 31.5 Å². The standard InChI is InChI=1S/C22H24N2O2/c25-21-15-19(16-23(21)14-12-17-7-2-1-3-8-17)22(26)24-13-6-10-18-9-4-5-11-20(18)24/h1-5,7-9,11,19H,6,10,12-16H2/t19-/m1/s1. The van der Waals surface area contributed by atoms with Gasteiger partial charge in [0, 0.05) is 31.7 Å². The van der Waals surface area contributed by atoms with Crippen molar-refractivity contribution in [2.45, 2.75) is 25.7 Å². The van der Waals surface area contributed by atoms with E-state index in [1.54, 1.807) is 0 Å². The number of anilines is 1. The molecule has 2 amide bonds. The third kappa shape index (κ3) is 3.36. The maximum atomic E-state index is 13.1. The first-order chi connectivity index (χ1) is 12.7. The smallest absolute Gasteiger partial charge is 0.232 e.